The van der Waals surface area contributed by atoms with Gasteiger partial charge in [-0.25, -0.2) is 0 Å². The maximum absolute atomic E-state index is 13.2. The quantitative estimate of drug-likeness (QED) is 0.649. The van der Waals surface area contributed by atoms with Gasteiger partial charge in [0.05, 0.1) is 12.6 Å². The molecule has 3 aliphatic rings. The molecule has 1 heterocycles. The van der Waals surface area contributed by atoms with Crippen LogP contribution >= 0.6 is 11.6 Å². The summed E-state index contributed by atoms with van der Waals surface area (Å²) in [5.74, 6) is 0.618. The summed E-state index contributed by atoms with van der Waals surface area (Å²) < 4.78 is 0. The number of fused-ring (bicyclic) bond motifs is 3. The lowest BCUT2D eigenvalue weighted by atomic mass is 9.53. The van der Waals surface area contributed by atoms with Gasteiger partial charge in [-0.1, -0.05) is 42.3 Å². The van der Waals surface area contributed by atoms with Gasteiger partial charge in [0.15, 0.2) is 5.78 Å². The normalized spacial score (nSPS) is 30.7. The summed E-state index contributed by atoms with van der Waals surface area (Å²) in [5.41, 5.74) is 2.76. The molecular formula is C25H27ClN2O2. The zero-order valence-corrected chi connectivity index (χ0v) is 18.3. The molecule has 0 saturated carbocycles. The second-order valence-corrected chi connectivity index (χ2v) is 9.52. The van der Waals surface area contributed by atoms with E-state index < -0.39 is 0 Å². The van der Waals surface area contributed by atoms with E-state index in [0.717, 1.165) is 29.7 Å². The molecule has 1 aromatic carbocycles. The lowest BCUT2D eigenvalue weighted by Gasteiger charge is -2.54. The number of hydrogen-bond donors (Lipinski definition) is 0. The van der Waals surface area contributed by atoms with Gasteiger partial charge in [-0.05, 0) is 61.8 Å². The van der Waals surface area contributed by atoms with E-state index >= 15 is 0 Å². The Morgan fingerprint density at radius 2 is 2.00 bits per heavy atom. The van der Waals surface area contributed by atoms with Crippen LogP contribution in [0.5, 0.6) is 0 Å². The molecular weight excluding hydrogens is 396 g/mol. The van der Waals surface area contributed by atoms with Crippen molar-refractivity contribution in [2.75, 3.05) is 0 Å². The van der Waals surface area contributed by atoms with E-state index in [1.54, 1.807) is 6.08 Å². The molecule has 1 aliphatic heterocycles. The van der Waals surface area contributed by atoms with Gasteiger partial charge in [0.1, 0.15) is 0 Å². The highest BCUT2D eigenvalue weighted by atomic mass is 35.5. The Morgan fingerprint density at radius 1 is 1.27 bits per heavy atom. The minimum absolute atomic E-state index is 0.114. The molecule has 5 heteroatoms. The average molecular weight is 423 g/mol. The number of ketones is 1. The Morgan fingerprint density at radius 3 is 2.70 bits per heavy atom. The Labute approximate surface area is 183 Å². The smallest absolute Gasteiger partial charge is 0.227 e. The van der Waals surface area contributed by atoms with E-state index in [0.29, 0.717) is 30.8 Å². The molecule has 4 atom stereocenters. The van der Waals surface area contributed by atoms with Gasteiger partial charge >= 0.3 is 0 Å². The Bertz CT molecular complexity index is 972. The monoisotopic (exact) mass is 422 g/mol. The standard InChI is InChI=1S/C25H27ClN2O2/c1-16-14-21(29)24-20(19(16)4-3-13-27)9-10-22-25(24,2)12-11-23(30)28(22)15-17-5-7-18(26)8-6-17/h5-8,10,14,19-20,24H,3-4,9,11-12,15H2,1-2H3/t19-,20+,24?,25+/m1/s1. The number of hydrogen-bond acceptors (Lipinski definition) is 3. The maximum Gasteiger partial charge on any atom is 0.227 e. The molecule has 1 saturated heterocycles. The fourth-order valence-electron chi connectivity index (χ4n) is 5.87. The Hall–Kier alpha value is -2.38. The van der Waals surface area contributed by atoms with Crippen molar-refractivity contribution in [3.05, 3.63) is 58.3 Å². The van der Waals surface area contributed by atoms with Gasteiger partial charge in [-0.15, -0.1) is 0 Å². The SMILES string of the molecule is CC1=CC(=O)C2[C@@H](CC=C3N(Cc4ccc(Cl)cc4)C(=O)CC[C@@]32C)[C@@H]1CCC#N. The van der Waals surface area contributed by atoms with Gasteiger partial charge < -0.3 is 4.90 Å². The maximum atomic E-state index is 13.2. The van der Waals surface area contributed by atoms with Crippen LogP contribution in [0.2, 0.25) is 5.02 Å². The van der Waals surface area contributed by atoms with Crippen molar-refractivity contribution in [3.63, 3.8) is 0 Å². The first-order chi connectivity index (χ1) is 14.3. The minimum atomic E-state index is -0.359. The van der Waals surface area contributed by atoms with Crippen LogP contribution in [-0.4, -0.2) is 16.6 Å². The number of carbonyl (C=O) groups is 2. The number of carbonyl (C=O) groups excluding carboxylic acids is 2. The van der Waals surface area contributed by atoms with Gasteiger partial charge in [-0.2, -0.15) is 5.26 Å². The van der Waals surface area contributed by atoms with Crippen LogP contribution in [0.15, 0.2) is 47.7 Å². The molecule has 1 unspecified atom stereocenters. The number of nitriles is 1. The van der Waals surface area contributed by atoms with Crippen LogP contribution in [0, 0.1) is 34.5 Å². The lowest BCUT2D eigenvalue weighted by molar-refractivity contribution is -0.140. The van der Waals surface area contributed by atoms with Crippen LogP contribution in [0.1, 0.15) is 51.5 Å². The molecule has 0 aromatic heterocycles. The average Bonchev–Trinajstić information content (AvgIpc) is 2.71. The number of nitrogens with zero attached hydrogens (tertiary/aromatic N) is 2. The fraction of sp³-hybridized carbons (Fsp3) is 0.480. The Balaban J connectivity index is 1.69. The van der Waals surface area contributed by atoms with E-state index in [9.17, 15) is 9.59 Å². The van der Waals surface area contributed by atoms with Crippen molar-refractivity contribution >= 4 is 23.3 Å². The number of piperidine rings is 1. The topological polar surface area (TPSA) is 61.2 Å². The second kappa shape index (κ2) is 8.04. The predicted octanol–water partition coefficient (Wildman–Crippen LogP) is 5.44. The first kappa shape index (κ1) is 20.9. The highest BCUT2D eigenvalue weighted by Crippen LogP contribution is 2.56. The van der Waals surface area contributed by atoms with Gasteiger partial charge in [0, 0.05) is 34.9 Å². The highest BCUT2D eigenvalue weighted by Gasteiger charge is 2.54. The predicted molar refractivity (Wildman–Crippen MR) is 116 cm³/mol. The molecule has 0 bridgehead atoms. The lowest BCUT2D eigenvalue weighted by Crippen LogP contribution is -2.54. The van der Waals surface area contributed by atoms with Crippen LogP contribution in [0.4, 0.5) is 0 Å². The number of halogens is 1. The molecule has 1 fully saturated rings. The van der Waals surface area contributed by atoms with Crippen LogP contribution in [-0.2, 0) is 16.1 Å². The van der Waals surface area contributed by atoms with Crippen LogP contribution in [0.25, 0.3) is 0 Å². The van der Waals surface area contributed by atoms with E-state index in [4.69, 9.17) is 16.9 Å². The van der Waals surface area contributed by atoms with Crippen LogP contribution < -0.4 is 0 Å². The van der Waals surface area contributed by atoms with E-state index in [1.165, 1.54) is 0 Å². The van der Waals surface area contributed by atoms with Crippen molar-refractivity contribution in [1.82, 2.24) is 4.90 Å². The molecule has 1 aromatic rings. The summed E-state index contributed by atoms with van der Waals surface area (Å²) in [7, 11) is 0. The number of allylic oxidation sites excluding steroid dienone is 4. The molecule has 0 N–H and O–H groups in total. The third kappa shape index (κ3) is 3.50. The van der Waals surface area contributed by atoms with Crippen molar-refractivity contribution in [1.29, 1.82) is 5.26 Å². The first-order valence-electron chi connectivity index (χ1n) is 10.7. The molecule has 2 aliphatic carbocycles. The van der Waals surface area contributed by atoms with Crippen molar-refractivity contribution in [2.45, 2.75) is 52.5 Å². The van der Waals surface area contributed by atoms with E-state index in [1.807, 2.05) is 36.1 Å². The Kier molecular flexibility index (Phi) is 5.59. The van der Waals surface area contributed by atoms with Gasteiger partial charge in [-0.3, -0.25) is 9.59 Å². The fourth-order valence-corrected chi connectivity index (χ4v) is 6.00. The summed E-state index contributed by atoms with van der Waals surface area (Å²) in [4.78, 5) is 28.0. The first-order valence-corrected chi connectivity index (χ1v) is 11.1. The van der Waals surface area contributed by atoms with Crippen molar-refractivity contribution in [3.8, 4) is 6.07 Å². The highest BCUT2D eigenvalue weighted by molar-refractivity contribution is 6.30. The summed E-state index contributed by atoms with van der Waals surface area (Å²) in [6, 6.07) is 9.84. The minimum Gasteiger partial charge on any atom is -0.312 e. The van der Waals surface area contributed by atoms with Gasteiger partial charge in [0.2, 0.25) is 5.91 Å². The van der Waals surface area contributed by atoms with Crippen LogP contribution in [0.3, 0.4) is 0 Å². The molecule has 0 radical (unpaired) electrons. The summed E-state index contributed by atoms with van der Waals surface area (Å²) in [6.45, 7) is 4.68. The largest absolute Gasteiger partial charge is 0.312 e. The van der Waals surface area contributed by atoms with Crippen molar-refractivity contribution < 1.29 is 9.59 Å². The molecule has 4 nitrogen and oxygen atoms in total. The summed E-state index contributed by atoms with van der Waals surface area (Å²) in [5, 5.41) is 9.76. The molecule has 156 valence electrons. The number of benzene rings is 1. The third-order valence-electron chi connectivity index (χ3n) is 7.33. The zero-order chi connectivity index (χ0) is 21.5. The van der Waals surface area contributed by atoms with E-state index in [2.05, 4.69) is 19.1 Å². The molecule has 1 amide bonds. The number of amides is 1. The molecule has 0 spiro atoms. The van der Waals surface area contributed by atoms with Crippen molar-refractivity contribution in [2.24, 2.45) is 23.2 Å². The zero-order valence-electron chi connectivity index (χ0n) is 17.5. The molecule has 4 rings (SSSR count). The number of rotatable bonds is 4. The molecule has 30 heavy (non-hydrogen) atoms. The van der Waals surface area contributed by atoms with E-state index in [-0.39, 0.29) is 34.9 Å². The second-order valence-electron chi connectivity index (χ2n) is 9.08. The third-order valence-corrected chi connectivity index (χ3v) is 7.58. The number of likely N-dealkylation sites (tertiary alicyclic amines) is 1. The summed E-state index contributed by atoms with van der Waals surface area (Å²) in [6.07, 6.45) is 7.20. The van der Waals surface area contributed by atoms with Gasteiger partial charge in [0.25, 0.3) is 0 Å². The summed E-state index contributed by atoms with van der Waals surface area (Å²) >= 11 is 6.01.